The molecule has 0 bridgehead atoms. The number of hydrogen-bond donors (Lipinski definition) is 1. The van der Waals surface area contributed by atoms with Crippen molar-refractivity contribution in [1.29, 1.82) is 0 Å². The lowest BCUT2D eigenvalue weighted by molar-refractivity contribution is 0.0695. The molecule has 0 amide bonds. The third kappa shape index (κ3) is 3.37. The van der Waals surface area contributed by atoms with Gasteiger partial charge in [0.25, 0.3) is 0 Å². The van der Waals surface area contributed by atoms with Crippen molar-refractivity contribution in [3.63, 3.8) is 0 Å². The van der Waals surface area contributed by atoms with Crippen LogP contribution in [0, 0.1) is 6.92 Å². The van der Waals surface area contributed by atoms with Crippen molar-refractivity contribution in [2.24, 2.45) is 0 Å². The van der Waals surface area contributed by atoms with Crippen molar-refractivity contribution in [3.05, 3.63) is 45.7 Å². The van der Waals surface area contributed by atoms with Crippen molar-refractivity contribution in [1.82, 2.24) is 9.97 Å². The lowest BCUT2D eigenvalue weighted by Crippen LogP contribution is -2.03. The molecule has 1 aromatic carbocycles. The zero-order chi connectivity index (χ0) is 14.0. The molecule has 98 valence electrons. The standard InChI is InChI=1S/C12H8Cl2N2O2S/c1-6-8(11(17)18)5-15-12(16-6)19-10-4-7(13)2-3-9(10)14/h2-5H,1H3,(H,17,18). The molecule has 0 fully saturated rings. The number of carboxylic acid groups (broad SMARTS) is 1. The first kappa shape index (κ1) is 14.1. The molecule has 0 saturated carbocycles. The molecule has 0 aliphatic rings. The van der Waals surface area contributed by atoms with E-state index in [0.29, 0.717) is 20.9 Å². The van der Waals surface area contributed by atoms with Crippen LogP contribution >= 0.6 is 35.0 Å². The molecule has 1 aromatic heterocycles. The van der Waals surface area contributed by atoms with Crippen LogP contribution in [0.25, 0.3) is 0 Å². The van der Waals surface area contributed by atoms with Gasteiger partial charge < -0.3 is 5.11 Å². The molecule has 1 N–H and O–H groups in total. The summed E-state index contributed by atoms with van der Waals surface area (Å²) in [6, 6.07) is 5.08. The normalized spacial score (nSPS) is 10.5. The van der Waals surface area contributed by atoms with E-state index in [0.717, 1.165) is 4.90 Å². The molecule has 0 spiro atoms. The SMILES string of the molecule is Cc1nc(Sc2cc(Cl)ccc2Cl)ncc1C(=O)O. The topological polar surface area (TPSA) is 63.1 Å². The maximum absolute atomic E-state index is 10.9. The Morgan fingerprint density at radius 1 is 1.37 bits per heavy atom. The number of rotatable bonds is 3. The number of carbonyl (C=O) groups is 1. The molecule has 4 nitrogen and oxygen atoms in total. The molecule has 19 heavy (non-hydrogen) atoms. The minimum absolute atomic E-state index is 0.0848. The smallest absolute Gasteiger partial charge is 0.339 e. The molecule has 0 aliphatic heterocycles. The average Bonchev–Trinajstić information content (AvgIpc) is 2.33. The average molecular weight is 315 g/mol. The highest BCUT2D eigenvalue weighted by atomic mass is 35.5. The summed E-state index contributed by atoms with van der Waals surface area (Å²) in [4.78, 5) is 19.7. The Balaban J connectivity index is 2.31. The Hall–Kier alpha value is -1.30. The summed E-state index contributed by atoms with van der Waals surface area (Å²) in [6.45, 7) is 1.62. The van der Waals surface area contributed by atoms with Gasteiger partial charge in [-0.15, -0.1) is 0 Å². The van der Waals surface area contributed by atoms with Gasteiger partial charge in [-0.25, -0.2) is 14.8 Å². The zero-order valence-corrected chi connectivity index (χ0v) is 12.1. The Labute approximate surface area is 123 Å². The lowest BCUT2D eigenvalue weighted by atomic mass is 10.2. The van der Waals surface area contributed by atoms with E-state index < -0.39 is 5.97 Å². The van der Waals surface area contributed by atoms with Crippen molar-refractivity contribution in [2.75, 3.05) is 0 Å². The van der Waals surface area contributed by atoms with E-state index in [-0.39, 0.29) is 5.56 Å². The predicted octanol–water partition coefficient (Wildman–Crippen LogP) is 3.94. The van der Waals surface area contributed by atoms with Gasteiger partial charge in [0.2, 0.25) is 0 Å². The molecule has 0 saturated heterocycles. The molecule has 1 heterocycles. The van der Waals surface area contributed by atoms with Crippen LogP contribution in [0.5, 0.6) is 0 Å². The van der Waals surface area contributed by atoms with Gasteiger partial charge in [-0.3, -0.25) is 0 Å². The Morgan fingerprint density at radius 2 is 2.11 bits per heavy atom. The van der Waals surface area contributed by atoms with Crippen LogP contribution in [-0.4, -0.2) is 21.0 Å². The number of hydrogen-bond acceptors (Lipinski definition) is 4. The quantitative estimate of drug-likeness (QED) is 0.869. The zero-order valence-electron chi connectivity index (χ0n) is 9.72. The summed E-state index contributed by atoms with van der Waals surface area (Å²) >= 11 is 13.2. The van der Waals surface area contributed by atoms with E-state index in [4.69, 9.17) is 28.3 Å². The molecular weight excluding hydrogens is 307 g/mol. The fourth-order valence-corrected chi connectivity index (χ4v) is 2.66. The highest BCUT2D eigenvalue weighted by Crippen LogP contribution is 2.33. The van der Waals surface area contributed by atoms with Crippen LogP contribution in [0.1, 0.15) is 16.1 Å². The number of nitrogens with zero attached hydrogens (tertiary/aromatic N) is 2. The molecule has 0 aliphatic carbocycles. The van der Waals surface area contributed by atoms with E-state index in [2.05, 4.69) is 9.97 Å². The van der Waals surface area contributed by atoms with E-state index in [1.165, 1.54) is 18.0 Å². The summed E-state index contributed by atoms with van der Waals surface area (Å²) in [5, 5.41) is 10.4. The summed E-state index contributed by atoms with van der Waals surface area (Å²) in [5.41, 5.74) is 0.490. The van der Waals surface area contributed by atoms with Crippen molar-refractivity contribution in [2.45, 2.75) is 17.0 Å². The summed E-state index contributed by atoms with van der Waals surface area (Å²) in [5.74, 6) is -1.05. The van der Waals surface area contributed by atoms with Crippen LogP contribution in [0.3, 0.4) is 0 Å². The van der Waals surface area contributed by atoms with Crippen LogP contribution in [0.4, 0.5) is 0 Å². The van der Waals surface area contributed by atoms with Crippen LogP contribution in [0.2, 0.25) is 10.0 Å². The molecule has 2 rings (SSSR count). The van der Waals surface area contributed by atoms with Gasteiger partial charge in [0, 0.05) is 16.1 Å². The minimum atomic E-state index is -1.05. The molecular formula is C12H8Cl2N2O2S. The Bertz CT molecular complexity index is 650. The second kappa shape index (κ2) is 5.77. The Morgan fingerprint density at radius 3 is 2.74 bits per heavy atom. The monoisotopic (exact) mass is 314 g/mol. The van der Waals surface area contributed by atoms with Gasteiger partial charge in [-0.05, 0) is 36.9 Å². The number of benzene rings is 1. The first-order valence-electron chi connectivity index (χ1n) is 5.17. The van der Waals surface area contributed by atoms with Crippen LogP contribution in [-0.2, 0) is 0 Å². The van der Waals surface area contributed by atoms with Gasteiger partial charge in [-0.1, -0.05) is 23.2 Å². The number of carboxylic acids is 1. The maximum atomic E-state index is 10.9. The Kier molecular flexibility index (Phi) is 4.29. The van der Waals surface area contributed by atoms with E-state index >= 15 is 0 Å². The first-order valence-corrected chi connectivity index (χ1v) is 6.74. The second-order valence-electron chi connectivity index (χ2n) is 3.63. The third-order valence-corrected chi connectivity index (χ3v) is 3.90. The van der Waals surface area contributed by atoms with E-state index in [9.17, 15) is 4.79 Å². The van der Waals surface area contributed by atoms with Crippen molar-refractivity contribution < 1.29 is 9.90 Å². The number of aromatic carboxylic acids is 1. The van der Waals surface area contributed by atoms with Crippen LogP contribution < -0.4 is 0 Å². The van der Waals surface area contributed by atoms with Gasteiger partial charge in [0.1, 0.15) is 0 Å². The molecule has 2 aromatic rings. The minimum Gasteiger partial charge on any atom is -0.478 e. The van der Waals surface area contributed by atoms with Gasteiger partial charge in [0.15, 0.2) is 5.16 Å². The molecule has 0 unspecified atom stereocenters. The van der Waals surface area contributed by atoms with Gasteiger partial charge >= 0.3 is 5.97 Å². The number of aromatic nitrogens is 2. The number of halogens is 2. The van der Waals surface area contributed by atoms with Gasteiger partial charge in [-0.2, -0.15) is 0 Å². The first-order chi connectivity index (χ1) is 8.97. The van der Waals surface area contributed by atoms with E-state index in [1.807, 2.05) is 0 Å². The third-order valence-electron chi connectivity index (χ3n) is 2.28. The summed E-state index contributed by atoms with van der Waals surface area (Å²) < 4.78 is 0. The fraction of sp³-hybridized carbons (Fsp3) is 0.0833. The van der Waals surface area contributed by atoms with Gasteiger partial charge in [0.05, 0.1) is 16.3 Å². The van der Waals surface area contributed by atoms with Crippen molar-refractivity contribution in [3.8, 4) is 0 Å². The summed E-state index contributed by atoms with van der Waals surface area (Å²) in [7, 11) is 0. The second-order valence-corrected chi connectivity index (χ2v) is 5.49. The lowest BCUT2D eigenvalue weighted by Gasteiger charge is -2.05. The highest BCUT2D eigenvalue weighted by Gasteiger charge is 2.12. The molecule has 7 heteroatoms. The van der Waals surface area contributed by atoms with E-state index in [1.54, 1.807) is 25.1 Å². The largest absolute Gasteiger partial charge is 0.478 e. The van der Waals surface area contributed by atoms with Crippen LogP contribution in [0.15, 0.2) is 34.4 Å². The predicted molar refractivity (Wildman–Crippen MR) is 74.3 cm³/mol. The fourth-order valence-electron chi connectivity index (χ4n) is 1.36. The maximum Gasteiger partial charge on any atom is 0.339 e. The molecule has 0 atom stereocenters. The number of aryl methyl sites for hydroxylation is 1. The molecule has 0 radical (unpaired) electrons. The highest BCUT2D eigenvalue weighted by molar-refractivity contribution is 7.99. The summed E-state index contributed by atoms with van der Waals surface area (Å²) in [6.07, 6.45) is 1.28. The van der Waals surface area contributed by atoms with Crippen molar-refractivity contribution >= 4 is 40.9 Å².